The van der Waals surface area contributed by atoms with Crippen molar-refractivity contribution in [2.45, 2.75) is 40.2 Å². The summed E-state index contributed by atoms with van der Waals surface area (Å²) in [6.45, 7) is 5.34. The van der Waals surface area contributed by atoms with Gasteiger partial charge in [0.15, 0.2) is 12.4 Å². The normalized spacial score (nSPS) is 13.9. The molecule has 1 aliphatic rings. The van der Waals surface area contributed by atoms with Crippen LogP contribution in [-0.4, -0.2) is 22.0 Å². The minimum atomic E-state index is -0.506. The first-order valence-electron chi connectivity index (χ1n) is 7.33. The molecule has 1 N–H and O–H groups in total. The zero-order valence-corrected chi connectivity index (χ0v) is 14.0. The van der Waals surface area contributed by atoms with E-state index in [1.54, 1.807) is 6.92 Å². The van der Waals surface area contributed by atoms with Gasteiger partial charge < -0.3 is 14.6 Å². The maximum atomic E-state index is 12.4. The van der Waals surface area contributed by atoms with E-state index in [1.165, 1.54) is 11.3 Å². The van der Waals surface area contributed by atoms with E-state index in [-0.39, 0.29) is 24.3 Å². The number of anilines is 1. The zero-order valence-electron chi connectivity index (χ0n) is 13.1. The van der Waals surface area contributed by atoms with Crippen molar-refractivity contribution in [2.75, 3.05) is 5.32 Å². The van der Waals surface area contributed by atoms with Gasteiger partial charge in [0.05, 0.1) is 5.56 Å². The lowest BCUT2D eigenvalue weighted by Crippen LogP contribution is -2.16. The van der Waals surface area contributed by atoms with Crippen molar-refractivity contribution < 1.29 is 18.8 Å². The highest BCUT2D eigenvalue weighted by Gasteiger charge is 2.31. The van der Waals surface area contributed by atoms with E-state index in [4.69, 9.17) is 9.26 Å². The maximum Gasteiger partial charge on any atom is 0.341 e. The number of esters is 1. The average Bonchev–Trinajstić information content (AvgIpc) is 3.22. The number of hydrogen-bond donors (Lipinski definition) is 1. The molecular formula is C15H17N3O4S. The molecule has 0 unspecified atom stereocenters. The summed E-state index contributed by atoms with van der Waals surface area (Å²) in [5.41, 5.74) is 1.21. The molecule has 1 saturated carbocycles. The quantitative estimate of drug-likeness (QED) is 0.844. The third-order valence-electron chi connectivity index (χ3n) is 3.67. The molecule has 7 nitrogen and oxygen atoms in total. The topological polar surface area (TPSA) is 94.3 Å². The Labute approximate surface area is 137 Å². The second-order valence-electron chi connectivity index (χ2n) is 5.56. The van der Waals surface area contributed by atoms with Crippen molar-refractivity contribution in [1.29, 1.82) is 0 Å². The SMILES string of the molecule is Cc1noc(COC(=O)c2c(NC(=O)C3CC3)sc(C)c2C)n1. The van der Waals surface area contributed by atoms with Gasteiger partial charge in [-0.1, -0.05) is 5.16 Å². The summed E-state index contributed by atoms with van der Waals surface area (Å²) in [4.78, 5) is 29.3. The molecular weight excluding hydrogens is 318 g/mol. The van der Waals surface area contributed by atoms with E-state index in [0.717, 1.165) is 23.3 Å². The third-order valence-corrected chi connectivity index (χ3v) is 4.79. The van der Waals surface area contributed by atoms with Gasteiger partial charge in [0, 0.05) is 10.8 Å². The number of hydrogen-bond acceptors (Lipinski definition) is 7. The zero-order chi connectivity index (χ0) is 16.6. The van der Waals surface area contributed by atoms with Gasteiger partial charge in [0.2, 0.25) is 5.91 Å². The fourth-order valence-electron chi connectivity index (χ4n) is 2.12. The van der Waals surface area contributed by atoms with Crippen LogP contribution in [0.25, 0.3) is 0 Å². The summed E-state index contributed by atoms with van der Waals surface area (Å²) >= 11 is 1.38. The van der Waals surface area contributed by atoms with Gasteiger partial charge in [0.25, 0.3) is 5.89 Å². The van der Waals surface area contributed by atoms with Crippen LogP contribution in [0.1, 0.15) is 45.4 Å². The van der Waals surface area contributed by atoms with Crippen molar-refractivity contribution in [2.24, 2.45) is 5.92 Å². The molecule has 0 aliphatic heterocycles. The van der Waals surface area contributed by atoms with E-state index in [0.29, 0.717) is 16.4 Å². The Hall–Kier alpha value is -2.22. The average molecular weight is 335 g/mol. The minimum Gasteiger partial charge on any atom is -0.452 e. The van der Waals surface area contributed by atoms with E-state index in [9.17, 15) is 9.59 Å². The molecule has 1 aliphatic carbocycles. The Balaban J connectivity index is 1.74. The Morgan fingerprint density at radius 1 is 1.35 bits per heavy atom. The molecule has 2 aromatic heterocycles. The van der Waals surface area contributed by atoms with Crippen LogP contribution in [0.5, 0.6) is 0 Å². The molecule has 0 radical (unpaired) electrons. The smallest absolute Gasteiger partial charge is 0.341 e. The monoisotopic (exact) mass is 335 g/mol. The summed E-state index contributed by atoms with van der Waals surface area (Å²) in [6, 6.07) is 0. The Morgan fingerprint density at radius 3 is 2.70 bits per heavy atom. The second kappa shape index (κ2) is 6.11. The van der Waals surface area contributed by atoms with Crippen molar-refractivity contribution in [3.63, 3.8) is 0 Å². The van der Waals surface area contributed by atoms with Gasteiger partial charge in [-0.25, -0.2) is 4.79 Å². The largest absolute Gasteiger partial charge is 0.452 e. The molecule has 0 spiro atoms. The predicted molar refractivity (Wildman–Crippen MR) is 83.3 cm³/mol. The van der Waals surface area contributed by atoms with E-state index in [2.05, 4.69) is 15.5 Å². The fraction of sp³-hybridized carbons (Fsp3) is 0.467. The second-order valence-corrected chi connectivity index (χ2v) is 6.79. The van der Waals surface area contributed by atoms with Crippen LogP contribution in [0.2, 0.25) is 0 Å². The first-order valence-corrected chi connectivity index (χ1v) is 8.14. The summed E-state index contributed by atoms with van der Waals surface area (Å²) in [5.74, 6) is 0.254. The molecule has 8 heteroatoms. The van der Waals surface area contributed by atoms with Crippen molar-refractivity contribution in [3.8, 4) is 0 Å². The number of rotatable bonds is 5. The fourth-order valence-corrected chi connectivity index (χ4v) is 3.17. The Kier molecular flexibility index (Phi) is 4.16. The van der Waals surface area contributed by atoms with Crippen LogP contribution in [0.3, 0.4) is 0 Å². The van der Waals surface area contributed by atoms with E-state index >= 15 is 0 Å². The van der Waals surface area contributed by atoms with Crippen molar-refractivity contribution in [3.05, 3.63) is 27.7 Å². The van der Waals surface area contributed by atoms with Crippen LogP contribution in [-0.2, 0) is 16.1 Å². The van der Waals surface area contributed by atoms with Gasteiger partial charge >= 0.3 is 5.97 Å². The molecule has 2 aromatic rings. The molecule has 0 saturated heterocycles. The van der Waals surface area contributed by atoms with Gasteiger partial charge in [-0.3, -0.25) is 4.79 Å². The number of carbonyl (C=O) groups excluding carboxylic acids is 2. The molecule has 122 valence electrons. The number of carbonyl (C=O) groups is 2. The van der Waals surface area contributed by atoms with Crippen LogP contribution in [0.4, 0.5) is 5.00 Å². The van der Waals surface area contributed by atoms with Crippen LogP contribution in [0, 0.1) is 26.7 Å². The van der Waals surface area contributed by atoms with E-state index < -0.39 is 5.97 Å². The van der Waals surface area contributed by atoms with Crippen molar-refractivity contribution in [1.82, 2.24) is 10.1 Å². The number of aromatic nitrogens is 2. The number of nitrogens with zero attached hydrogens (tertiary/aromatic N) is 2. The first kappa shape index (κ1) is 15.7. The molecule has 1 fully saturated rings. The van der Waals surface area contributed by atoms with E-state index in [1.807, 2.05) is 13.8 Å². The van der Waals surface area contributed by atoms with Crippen LogP contribution < -0.4 is 5.32 Å². The molecule has 1 amide bonds. The maximum absolute atomic E-state index is 12.4. The van der Waals surface area contributed by atoms with Crippen molar-refractivity contribution >= 4 is 28.2 Å². The first-order chi connectivity index (χ1) is 11.0. The standard InChI is InChI=1S/C15H17N3O4S/c1-7-8(2)23-14(17-13(19)10-4-5-10)12(7)15(20)21-6-11-16-9(3)18-22-11/h10H,4-6H2,1-3H3,(H,17,19). The summed E-state index contributed by atoms with van der Waals surface area (Å²) in [5, 5.41) is 7.03. The highest BCUT2D eigenvalue weighted by atomic mass is 32.1. The third kappa shape index (κ3) is 3.42. The molecule has 2 heterocycles. The lowest BCUT2D eigenvalue weighted by Gasteiger charge is -2.06. The number of nitrogens with one attached hydrogen (secondary N) is 1. The summed E-state index contributed by atoms with van der Waals surface area (Å²) < 4.78 is 10.2. The van der Waals surface area contributed by atoms with Gasteiger partial charge in [-0.2, -0.15) is 4.98 Å². The number of ether oxygens (including phenoxy) is 1. The lowest BCUT2D eigenvalue weighted by atomic mass is 10.1. The molecule has 3 rings (SSSR count). The lowest BCUT2D eigenvalue weighted by molar-refractivity contribution is -0.117. The number of aryl methyl sites for hydroxylation is 2. The Morgan fingerprint density at radius 2 is 2.09 bits per heavy atom. The highest BCUT2D eigenvalue weighted by Crippen LogP contribution is 2.36. The van der Waals surface area contributed by atoms with Crippen LogP contribution in [0.15, 0.2) is 4.52 Å². The Bertz CT molecular complexity index is 761. The van der Waals surface area contributed by atoms with Gasteiger partial charge in [0.1, 0.15) is 5.00 Å². The predicted octanol–water partition coefficient (Wildman–Crippen LogP) is 2.76. The molecule has 0 aromatic carbocycles. The molecule has 0 bridgehead atoms. The van der Waals surface area contributed by atoms with Crippen LogP contribution >= 0.6 is 11.3 Å². The molecule has 0 atom stereocenters. The number of thiophene rings is 1. The van der Waals surface area contributed by atoms with Gasteiger partial charge in [-0.05, 0) is 39.2 Å². The number of amides is 1. The minimum absolute atomic E-state index is 0.0344. The molecule has 23 heavy (non-hydrogen) atoms. The highest BCUT2D eigenvalue weighted by molar-refractivity contribution is 7.16. The summed E-state index contributed by atoms with van der Waals surface area (Å²) in [6.07, 6.45) is 1.82. The summed E-state index contributed by atoms with van der Waals surface area (Å²) in [7, 11) is 0. The van der Waals surface area contributed by atoms with Gasteiger partial charge in [-0.15, -0.1) is 11.3 Å².